The number of carbonyl (C=O) groups is 2. The van der Waals surface area contributed by atoms with Crippen molar-refractivity contribution < 1.29 is 18.7 Å². The van der Waals surface area contributed by atoms with E-state index in [9.17, 15) is 14.0 Å². The van der Waals surface area contributed by atoms with Crippen LogP contribution in [0.5, 0.6) is 5.75 Å². The van der Waals surface area contributed by atoms with Gasteiger partial charge in [0.2, 0.25) is 5.91 Å². The number of Topliss-reactive ketones (excluding diaryl/α,β-unsaturated/α-hetero) is 1. The van der Waals surface area contributed by atoms with E-state index in [-0.39, 0.29) is 35.8 Å². The van der Waals surface area contributed by atoms with E-state index in [1.54, 1.807) is 4.90 Å². The number of benzene rings is 1. The molecule has 2 N–H and O–H groups in total. The number of ketones is 1. The summed E-state index contributed by atoms with van der Waals surface area (Å²) in [4.78, 5) is 26.0. The number of carbonyl (C=O) groups excluding carboxylic acids is 2. The van der Waals surface area contributed by atoms with Crippen molar-refractivity contribution in [2.75, 3.05) is 26.7 Å². The molecule has 126 valence electrons. The summed E-state index contributed by atoms with van der Waals surface area (Å²) in [5.74, 6) is -0.253. The van der Waals surface area contributed by atoms with Crippen molar-refractivity contribution in [2.24, 2.45) is 11.7 Å². The van der Waals surface area contributed by atoms with Crippen LogP contribution in [-0.2, 0) is 4.79 Å². The second kappa shape index (κ2) is 8.06. The predicted octanol–water partition coefficient (Wildman–Crippen LogP) is 1.99. The first kappa shape index (κ1) is 17.4. The van der Waals surface area contributed by atoms with Gasteiger partial charge in [-0.25, -0.2) is 4.39 Å². The van der Waals surface area contributed by atoms with Gasteiger partial charge in [-0.3, -0.25) is 9.59 Å². The van der Waals surface area contributed by atoms with E-state index in [0.717, 1.165) is 18.9 Å². The van der Waals surface area contributed by atoms with Crippen molar-refractivity contribution in [3.05, 3.63) is 29.6 Å². The second-order valence-corrected chi connectivity index (χ2v) is 5.83. The van der Waals surface area contributed by atoms with Crippen LogP contribution in [-0.4, -0.2) is 43.3 Å². The zero-order valence-electron chi connectivity index (χ0n) is 13.4. The van der Waals surface area contributed by atoms with Gasteiger partial charge in [-0.2, -0.15) is 0 Å². The molecule has 0 radical (unpaired) electrons. The van der Waals surface area contributed by atoms with E-state index in [2.05, 4.69) is 0 Å². The molecule has 1 fully saturated rings. The van der Waals surface area contributed by atoms with Crippen LogP contribution in [0.15, 0.2) is 18.2 Å². The molecule has 1 amide bonds. The molecular formula is C17H23FN2O3. The van der Waals surface area contributed by atoms with Crippen molar-refractivity contribution in [1.29, 1.82) is 0 Å². The lowest BCUT2D eigenvalue weighted by molar-refractivity contribution is -0.132. The highest BCUT2D eigenvalue weighted by atomic mass is 19.1. The van der Waals surface area contributed by atoms with Gasteiger partial charge in [0.05, 0.1) is 7.11 Å². The van der Waals surface area contributed by atoms with Crippen LogP contribution in [0.4, 0.5) is 4.39 Å². The summed E-state index contributed by atoms with van der Waals surface area (Å²) in [6, 6.07) is 4.09. The normalized spacial score (nSPS) is 15.5. The lowest BCUT2D eigenvalue weighted by Crippen LogP contribution is -2.40. The molecular weight excluding hydrogens is 299 g/mol. The number of nitrogens with two attached hydrogens (primary N) is 1. The molecule has 0 atom stereocenters. The minimum absolute atomic E-state index is 0.0252. The van der Waals surface area contributed by atoms with E-state index < -0.39 is 5.82 Å². The standard InChI is InChI=1S/C17H23FN2O3/c1-23-16-4-2-13(10-14(16)18)15(21)3-5-17(22)20-8-6-12(11-19)7-9-20/h2,4,10,12H,3,5-9,11,19H2,1H3. The average Bonchev–Trinajstić information content (AvgIpc) is 2.59. The Hall–Kier alpha value is -1.95. The minimum Gasteiger partial charge on any atom is -0.494 e. The molecule has 1 aliphatic rings. The fraction of sp³-hybridized carbons (Fsp3) is 0.529. The van der Waals surface area contributed by atoms with Crippen LogP contribution in [0.2, 0.25) is 0 Å². The van der Waals surface area contributed by atoms with Gasteiger partial charge in [0, 0.05) is 31.5 Å². The first-order valence-electron chi connectivity index (χ1n) is 7.89. The Morgan fingerprint density at radius 2 is 2.00 bits per heavy atom. The van der Waals surface area contributed by atoms with E-state index >= 15 is 0 Å². The van der Waals surface area contributed by atoms with E-state index in [1.165, 1.54) is 19.2 Å². The monoisotopic (exact) mass is 322 g/mol. The van der Waals surface area contributed by atoms with Crippen LogP contribution in [0.1, 0.15) is 36.0 Å². The number of ether oxygens (including phenoxy) is 1. The lowest BCUT2D eigenvalue weighted by atomic mass is 9.96. The van der Waals surface area contributed by atoms with E-state index in [4.69, 9.17) is 10.5 Å². The molecule has 0 bridgehead atoms. The molecule has 1 aromatic rings. The molecule has 1 heterocycles. The molecule has 0 saturated carbocycles. The van der Waals surface area contributed by atoms with Gasteiger partial charge in [0.1, 0.15) is 0 Å². The summed E-state index contributed by atoms with van der Waals surface area (Å²) >= 11 is 0. The molecule has 1 aliphatic heterocycles. The van der Waals surface area contributed by atoms with Crippen molar-refractivity contribution >= 4 is 11.7 Å². The van der Waals surface area contributed by atoms with Crippen molar-refractivity contribution in [3.63, 3.8) is 0 Å². The van der Waals surface area contributed by atoms with Crippen molar-refractivity contribution in [3.8, 4) is 5.75 Å². The quantitative estimate of drug-likeness (QED) is 0.813. The van der Waals surface area contributed by atoms with Crippen LogP contribution in [0.25, 0.3) is 0 Å². The summed E-state index contributed by atoms with van der Waals surface area (Å²) in [5, 5.41) is 0. The maximum atomic E-state index is 13.6. The molecule has 6 heteroatoms. The maximum absolute atomic E-state index is 13.6. The third-order valence-corrected chi connectivity index (χ3v) is 4.34. The number of likely N-dealkylation sites (tertiary alicyclic amines) is 1. The molecule has 0 aromatic heterocycles. The molecule has 23 heavy (non-hydrogen) atoms. The fourth-order valence-corrected chi connectivity index (χ4v) is 2.78. The maximum Gasteiger partial charge on any atom is 0.223 e. The van der Waals surface area contributed by atoms with Gasteiger partial charge in [0.15, 0.2) is 17.3 Å². The molecule has 0 unspecified atom stereocenters. The number of amides is 1. The summed E-state index contributed by atoms with van der Waals surface area (Å²) in [5.41, 5.74) is 5.89. The molecule has 1 saturated heterocycles. The Balaban J connectivity index is 1.84. The largest absolute Gasteiger partial charge is 0.494 e. The van der Waals surface area contributed by atoms with Crippen LogP contribution in [0, 0.1) is 11.7 Å². The SMILES string of the molecule is COc1ccc(C(=O)CCC(=O)N2CCC(CN)CC2)cc1F. The molecule has 5 nitrogen and oxygen atoms in total. The number of nitrogens with zero attached hydrogens (tertiary/aromatic N) is 1. The Bertz CT molecular complexity index is 569. The lowest BCUT2D eigenvalue weighted by Gasteiger charge is -2.31. The highest BCUT2D eigenvalue weighted by molar-refractivity contribution is 5.98. The van der Waals surface area contributed by atoms with Gasteiger partial charge in [-0.05, 0) is 43.5 Å². The van der Waals surface area contributed by atoms with Gasteiger partial charge in [0.25, 0.3) is 0 Å². The Labute approximate surface area is 135 Å². The summed E-state index contributed by atoms with van der Waals surface area (Å²) in [6.45, 7) is 2.06. The number of rotatable bonds is 6. The van der Waals surface area contributed by atoms with Crippen LogP contribution >= 0.6 is 0 Å². The number of methoxy groups -OCH3 is 1. The Kier molecular flexibility index (Phi) is 6.10. The molecule has 0 aliphatic carbocycles. The first-order chi connectivity index (χ1) is 11.0. The van der Waals surface area contributed by atoms with Gasteiger partial charge >= 0.3 is 0 Å². The van der Waals surface area contributed by atoms with Gasteiger partial charge in [-0.15, -0.1) is 0 Å². The van der Waals surface area contributed by atoms with Crippen molar-refractivity contribution in [2.45, 2.75) is 25.7 Å². The molecule has 1 aromatic carbocycles. The second-order valence-electron chi connectivity index (χ2n) is 5.83. The Morgan fingerprint density at radius 3 is 2.57 bits per heavy atom. The van der Waals surface area contributed by atoms with E-state index in [1.807, 2.05) is 0 Å². The number of piperidine rings is 1. The Morgan fingerprint density at radius 1 is 1.30 bits per heavy atom. The highest BCUT2D eigenvalue weighted by Gasteiger charge is 2.22. The zero-order chi connectivity index (χ0) is 16.8. The third kappa shape index (κ3) is 4.51. The van der Waals surface area contributed by atoms with E-state index in [0.29, 0.717) is 25.6 Å². The number of halogens is 1. The van der Waals surface area contributed by atoms with Crippen LogP contribution in [0.3, 0.4) is 0 Å². The minimum atomic E-state index is -0.575. The van der Waals surface area contributed by atoms with Crippen LogP contribution < -0.4 is 10.5 Å². The van der Waals surface area contributed by atoms with Crippen molar-refractivity contribution in [1.82, 2.24) is 4.90 Å². The first-order valence-corrected chi connectivity index (χ1v) is 7.89. The molecule has 2 rings (SSSR count). The molecule has 0 spiro atoms. The topological polar surface area (TPSA) is 72.6 Å². The summed E-state index contributed by atoms with van der Waals surface area (Å²) in [7, 11) is 1.37. The fourth-order valence-electron chi connectivity index (χ4n) is 2.78. The summed E-state index contributed by atoms with van der Waals surface area (Å²) < 4.78 is 18.4. The van der Waals surface area contributed by atoms with Gasteiger partial charge < -0.3 is 15.4 Å². The smallest absolute Gasteiger partial charge is 0.223 e. The zero-order valence-corrected chi connectivity index (χ0v) is 13.4. The number of hydrogen-bond acceptors (Lipinski definition) is 4. The van der Waals surface area contributed by atoms with Gasteiger partial charge in [-0.1, -0.05) is 0 Å². The number of hydrogen-bond donors (Lipinski definition) is 1. The highest BCUT2D eigenvalue weighted by Crippen LogP contribution is 2.20. The summed E-state index contributed by atoms with van der Waals surface area (Å²) in [6.07, 6.45) is 2.07. The average molecular weight is 322 g/mol. The third-order valence-electron chi connectivity index (χ3n) is 4.34. The predicted molar refractivity (Wildman–Crippen MR) is 84.9 cm³/mol.